The molecule has 0 spiro atoms. The summed E-state index contributed by atoms with van der Waals surface area (Å²) in [6.45, 7) is -2.85. The molecule has 16 heavy (non-hydrogen) atoms. The van der Waals surface area contributed by atoms with Crippen LogP contribution in [0.4, 0.5) is 8.78 Å². The second-order valence-electron chi connectivity index (χ2n) is 2.37. The van der Waals surface area contributed by atoms with E-state index < -0.39 is 23.1 Å². The Balaban J connectivity index is 0.000000673. The molecule has 7 heteroatoms. The van der Waals surface area contributed by atoms with E-state index in [2.05, 4.69) is 4.74 Å². The molecule has 0 aliphatic rings. The van der Waals surface area contributed by atoms with Crippen LogP contribution in [0.1, 0.15) is 5.56 Å². The number of benzene rings is 1. The maximum atomic E-state index is 11.8. The van der Waals surface area contributed by atoms with Gasteiger partial charge in [-0.15, -0.1) is 0 Å². The van der Waals surface area contributed by atoms with Crippen molar-refractivity contribution in [3.8, 4) is 11.8 Å². The average molecular weight is 449 g/mol. The number of nitriles is 1. The van der Waals surface area contributed by atoms with Crippen LogP contribution in [0.3, 0.4) is 0 Å². The zero-order valence-electron chi connectivity index (χ0n) is 7.78. The summed E-state index contributed by atoms with van der Waals surface area (Å²) in [6.07, 6.45) is 0.0723. The van der Waals surface area contributed by atoms with Crippen LogP contribution in [0.15, 0.2) is 24.3 Å². The van der Waals surface area contributed by atoms with Gasteiger partial charge in [0.05, 0.1) is 12.5 Å². The maximum absolute atomic E-state index is 11.8. The molecule has 1 aromatic rings. The van der Waals surface area contributed by atoms with Crippen LogP contribution >= 0.6 is 18.8 Å². The zero-order valence-corrected chi connectivity index (χ0v) is 11.6. The minimum absolute atomic E-state index is 0.0686. The second kappa shape index (κ2) is 9.84. The second-order valence-corrected chi connectivity index (χ2v) is 5.65. The molecule has 0 N–H and O–H groups in total. The number of ether oxygens (including phenoxy) is 1. The third-order valence-corrected chi connectivity index (χ3v) is 1.46. The van der Waals surface area contributed by atoms with Crippen molar-refractivity contribution in [2.24, 2.45) is 0 Å². The van der Waals surface area contributed by atoms with Crippen LogP contribution in [0.5, 0.6) is 5.75 Å². The molecule has 0 fully saturated rings. The SMILES string of the molecule is N#CCc1ccccc1OC(F)F.[Cl][Pt][Cl]. The summed E-state index contributed by atoms with van der Waals surface area (Å²) in [5.41, 5.74) is 0.477. The first-order chi connectivity index (χ1) is 7.65. The van der Waals surface area contributed by atoms with Crippen molar-refractivity contribution < 1.29 is 30.0 Å². The Hall–Kier alpha value is -0.362. The molecule has 92 valence electrons. The summed E-state index contributed by atoms with van der Waals surface area (Å²) < 4.78 is 27.9. The standard InChI is InChI=1S/C9H7F2NO.2ClH.Pt/c10-9(11)13-8-4-2-1-3-7(8)5-6-12;;;/h1-4,9H,5H2;2*1H;/q;;;+2/p-2. The van der Waals surface area contributed by atoms with Gasteiger partial charge >= 0.3 is 41.9 Å². The van der Waals surface area contributed by atoms with Crippen LogP contribution in [0.2, 0.25) is 0 Å². The van der Waals surface area contributed by atoms with Crippen molar-refractivity contribution in [2.75, 3.05) is 0 Å². The Labute approximate surface area is 108 Å². The number of alkyl halides is 2. The van der Waals surface area contributed by atoms with E-state index in [1.54, 1.807) is 18.2 Å². The van der Waals surface area contributed by atoms with Crippen molar-refractivity contribution in [1.29, 1.82) is 5.26 Å². The minimum atomic E-state index is -2.85. The van der Waals surface area contributed by atoms with Gasteiger partial charge in [0.2, 0.25) is 0 Å². The first kappa shape index (κ1) is 15.6. The van der Waals surface area contributed by atoms with Crippen molar-refractivity contribution >= 4 is 18.8 Å². The molecule has 1 aromatic carbocycles. The molecule has 0 aliphatic heterocycles. The Bertz CT molecular complexity index is 347. The first-order valence-electron chi connectivity index (χ1n) is 3.87. The molecule has 0 radical (unpaired) electrons. The fraction of sp³-hybridized carbons (Fsp3) is 0.222. The number of halogens is 4. The molecule has 0 heterocycles. The molecule has 0 aliphatic carbocycles. The zero-order chi connectivity index (χ0) is 12.4. The van der Waals surface area contributed by atoms with Crippen LogP contribution in [0.25, 0.3) is 0 Å². The van der Waals surface area contributed by atoms with Gasteiger partial charge < -0.3 is 4.74 Å². The van der Waals surface area contributed by atoms with E-state index >= 15 is 0 Å². The Kier molecular flexibility index (Phi) is 9.61. The van der Waals surface area contributed by atoms with Gasteiger partial charge in [0, 0.05) is 5.56 Å². The Morgan fingerprint density at radius 2 is 1.94 bits per heavy atom. The van der Waals surface area contributed by atoms with E-state index in [0.29, 0.717) is 5.56 Å². The molecule has 0 atom stereocenters. The van der Waals surface area contributed by atoms with Crippen LogP contribution in [-0.2, 0) is 22.9 Å². The van der Waals surface area contributed by atoms with Crippen LogP contribution in [-0.4, -0.2) is 6.61 Å². The Morgan fingerprint density at radius 1 is 1.38 bits per heavy atom. The monoisotopic (exact) mass is 448 g/mol. The normalized spacial score (nSPS) is 9.25. The van der Waals surface area contributed by atoms with E-state index in [1.165, 1.54) is 6.07 Å². The molecular formula is C9H7Cl2F2NOPt. The van der Waals surface area contributed by atoms with Crippen molar-refractivity contribution in [1.82, 2.24) is 0 Å². The number of hydrogen-bond acceptors (Lipinski definition) is 2. The third kappa shape index (κ3) is 7.00. The molecule has 0 aromatic heterocycles. The van der Waals surface area contributed by atoms with Gasteiger partial charge in [-0.3, -0.25) is 0 Å². The molecule has 0 saturated carbocycles. The van der Waals surface area contributed by atoms with Gasteiger partial charge in [-0.2, -0.15) is 14.0 Å². The van der Waals surface area contributed by atoms with Gasteiger partial charge in [-0.25, -0.2) is 0 Å². The van der Waals surface area contributed by atoms with E-state index in [0.717, 1.165) is 0 Å². The van der Waals surface area contributed by atoms with E-state index in [1.807, 2.05) is 6.07 Å². The molecule has 0 saturated heterocycles. The predicted molar refractivity (Wildman–Crippen MR) is 54.1 cm³/mol. The molecule has 2 nitrogen and oxygen atoms in total. The first-order valence-corrected chi connectivity index (χ1v) is 9.50. The van der Waals surface area contributed by atoms with E-state index in [9.17, 15) is 8.78 Å². The van der Waals surface area contributed by atoms with Gasteiger partial charge in [0.1, 0.15) is 5.75 Å². The van der Waals surface area contributed by atoms with Crippen LogP contribution in [0, 0.1) is 11.3 Å². The van der Waals surface area contributed by atoms with Crippen molar-refractivity contribution in [3.05, 3.63) is 29.8 Å². The van der Waals surface area contributed by atoms with Crippen molar-refractivity contribution in [2.45, 2.75) is 13.0 Å². The van der Waals surface area contributed by atoms with Crippen LogP contribution < -0.4 is 4.74 Å². The van der Waals surface area contributed by atoms with Gasteiger partial charge in [0.25, 0.3) is 0 Å². The summed E-state index contributed by atoms with van der Waals surface area (Å²) in [5.74, 6) is 0.0686. The van der Waals surface area contributed by atoms with E-state index in [-0.39, 0.29) is 12.2 Å². The number of hydrogen-bond donors (Lipinski definition) is 0. The predicted octanol–water partition coefficient (Wildman–Crippen LogP) is 3.73. The number of rotatable bonds is 3. The number of para-hydroxylation sites is 1. The quantitative estimate of drug-likeness (QED) is 0.705. The van der Waals surface area contributed by atoms with E-state index in [4.69, 9.17) is 24.1 Å². The van der Waals surface area contributed by atoms with Gasteiger partial charge in [0.15, 0.2) is 0 Å². The summed E-state index contributed by atoms with van der Waals surface area (Å²) in [4.78, 5) is 0. The summed E-state index contributed by atoms with van der Waals surface area (Å²) >= 11 is -0.472. The van der Waals surface area contributed by atoms with Gasteiger partial charge in [-0.1, -0.05) is 18.2 Å². The van der Waals surface area contributed by atoms with Crippen molar-refractivity contribution in [3.63, 3.8) is 0 Å². The third-order valence-electron chi connectivity index (χ3n) is 1.46. The molecule has 1 rings (SSSR count). The topological polar surface area (TPSA) is 33.0 Å². The van der Waals surface area contributed by atoms with Gasteiger partial charge in [-0.05, 0) is 6.07 Å². The average Bonchev–Trinajstić information content (AvgIpc) is 2.22. The fourth-order valence-electron chi connectivity index (χ4n) is 0.946. The summed E-state index contributed by atoms with van der Waals surface area (Å²) in [6, 6.07) is 8.13. The molecule has 0 amide bonds. The number of nitrogens with zero attached hydrogens (tertiary/aromatic N) is 1. The molecule has 0 bridgehead atoms. The summed E-state index contributed by atoms with van der Waals surface area (Å²) in [7, 11) is 9.75. The molecule has 0 unspecified atom stereocenters. The molecular weight excluding hydrogens is 442 g/mol. The Morgan fingerprint density at radius 3 is 2.44 bits per heavy atom. The summed E-state index contributed by atoms with van der Waals surface area (Å²) in [5, 5.41) is 8.39. The fourth-order valence-corrected chi connectivity index (χ4v) is 0.946.